The average molecular weight is 235 g/mol. The fourth-order valence-corrected chi connectivity index (χ4v) is 2.28. The Morgan fingerprint density at radius 1 is 1.33 bits per heavy atom. The Bertz CT molecular complexity index is 188. The van der Waals surface area contributed by atoms with Gasteiger partial charge in [0.1, 0.15) is 0 Å². The second-order valence-electron chi connectivity index (χ2n) is 4.07. The Morgan fingerprint density at radius 2 is 1.93 bits per heavy atom. The zero-order valence-electron chi connectivity index (χ0n) is 8.95. The van der Waals surface area contributed by atoms with Crippen LogP contribution in [0.2, 0.25) is 0 Å². The topological polar surface area (TPSA) is 46.5 Å². The maximum atomic E-state index is 11.0. The number of aliphatic carboxylic acids is 1. The molecule has 0 spiro atoms. The molecule has 88 valence electrons. The molecule has 0 aliphatic heterocycles. The van der Waals surface area contributed by atoms with Crippen LogP contribution in [0.5, 0.6) is 0 Å². The van der Waals surface area contributed by atoms with Crippen molar-refractivity contribution in [1.29, 1.82) is 0 Å². The highest BCUT2D eigenvalue weighted by molar-refractivity contribution is 6.17. The van der Waals surface area contributed by atoms with E-state index in [2.05, 4.69) is 0 Å². The van der Waals surface area contributed by atoms with Crippen LogP contribution in [-0.4, -0.2) is 29.7 Å². The molecule has 1 atom stereocenters. The molecular weight excluding hydrogens is 216 g/mol. The van der Waals surface area contributed by atoms with Gasteiger partial charge in [0, 0.05) is 5.88 Å². The van der Waals surface area contributed by atoms with Crippen LogP contribution in [0.15, 0.2) is 0 Å². The first-order valence-electron chi connectivity index (χ1n) is 5.66. The van der Waals surface area contributed by atoms with Gasteiger partial charge in [-0.3, -0.25) is 0 Å². The van der Waals surface area contributed by atoms with Crippen LogP contribution in [-0.2, 0) is 9.53 Å². The van der Waals surface area contributed by atoms with Crippen LogP contribution in [0.1, 0.15) is 38.5 Å². The first-order chi connectivity index (χ1) is 7.25. The normalized spacial score (nSPS) is 20.9. The van der Waals surface area contributed by atoms with E-state index in [9.17, 15) is 4.79 Å². The fourth-order valence-electron chi connectivity index (χ4n) is 2.19. The maximum Gasteiger partial charge on any atom is 0.333 e. The highest BCUT2D eigenvalue weighted by atomic mass is 35.5. The molecule has 0 radical (unpaired) electrons. The number of carbonyl (C=O) groups is 1. The number of carboxylic acid groups (broad SMARTS) is 1. The minimum atomic E-state index is -0.841. The van der Waals surface area contributed by atoms with Gasteiger partial charge in [-0.05, 0) is 18.8 Å². The van der Waals surface area contributed by atoms with Crippen molar-refractivity contribution in [2.45, 2.75) is 44.6 Å². The van der Waals surface area contributed by atoms with Gasteiger partial charge in [-0.15, -0.1) is 11.6 Å². The summed E-state index contributed by atoms with van der Waals surface area (Å²) in [4.78, 5) is 11.0. The van der Waals surface area contributed by atoms with Crippen LogP contribution in [0.3, 0.4) is 0 Å². The summed E-state index contributed by atoms with van der Waals surface area (Å²) >= 11 is 5.50. The molecule has 0 heterocycles. The average Bonchev–Trinajstić information content (AvgIpc) is 2.47. The monoisotopic (exact) mass is 234 g/mol. The number of alkyl halides is 1. The minimum Gasteiger partial charge on any atom is -0.479 e. The van der Waals surface area contributed by atoms with Gasteiger partial charge in [-0.1, -0.05) is 25.7 Å². The van der Waals surface area contributed by atoms with Crippen LogP contribution in [0, 0.1) is 5.92 Å². The summed E-state index contributed by atoms with van der Waals surface area (Å²) in [6.07, 6.45) is 5.98. The van der Waals surface area contributed by atoms with E-state index in [4.69, 9.17) is 21.4 Å². The van der Waals surface area contributed by atoms with Crippen molar-refractivity contribution < 1.29 is 14.6 Å². The quantitative estimate of drug-likeness (QED) is 0.588. The second-order valence-corrected chi connectivity index (χ2v) is 4.45. The van der Waals surface area contributed by atoms with E-state index >= 15 is 0 Å². The molecule has 0 saturated heterocycles. The highest BCUT2D eigenvalue weighted by Crippen LogP contribution is 2.27. The van der Waals surface area contributed by atoms with Crippen molar-refractivity contribution in [3.8, 4) is 0 Å². The minimum absolute atomic E-state index is 0.174. The van der Waals surface area contributed by atoms with Gasteiger partial charge < -0.3 is 9.84 Å². The number of hydrogen-bond acceptors (Lipinski definition) is 2. The summed E-state index contributed by atoms with van der Waals surface area (Å²) in [5.74, 6) is -0.309. The lowest BCUT2D eigenvalue weighted by molar-refractivity contribution is -0.154. The van der Waals surface area contributed by atoms with Gasteiger partial charge >= 0.3 is 5.97 Å². The Labute approximate surface area is 95.8 Å². The molecule has 0 aromatic heterocycles. The molecule has 4 heteroatoms. The molecule has 0 aromatic carbocycles. The van der Waals surface area contributed by atoms with E-state index in [1.165, 1.54) is 12.8 Å². The fraction of sp³-hybridized carbons (Fsp3) is 0.909. The van der Waals surface area contributed by atoms with Crippen LogP contribution >= 0.6 is 11.6 Å². The summed E-state index contributed by atoms with van der Waals surface area (Å²) < 4.78 is 5.32. The summed E-state index contributed by atoms with van der Waals surface area (Å²) in [5.41, 5.74) is 0. The van der Waals surface area contributed by atoms with Crippen LogP contribution < -0.4 is 0 Å². The van der Waals surface area contributed by atoms with Crippen molar-refractivity contribution in [3.05, 3.63) is 0 Å². The standard InChI is InChI=1S/C11H19ClO3/c12-7-8-15-10(11(13)14)9-5-3-1-2-4-6-9/h9-10H,1-8H2,(H,13,14). The van der Waals surface area contributed by atoms with E-state index in [1.807, 2.05) is 0 Å². The molecule has 1 saturated carbocycles. The van der Waals surface area contributed by atoms with Crippen molar-refractivity contribution >= 4 is 17.6 Å². The predicted molar refractivity (Wildman–Crippen MR) is 59.3 cm³/mol. The van der Waals surface area contributed by atoms with Gasteiger partial charge in [-0.2, -0.15) is 0 Å². The van der Waals surface area contributed by atoms with Crippen LogP contribution in [0.25, 0.3) is 0 Å². The number of ether oxygens (including phenoxy) is 1. The van der Waals surface area contributed by atoms with Gasteiger partial charge in [0.05, 0.1) is 6.61 Å². The third-order valence-electron chi connectivity index (χ3n) is 2.95. The third kappa shape index (κ3) is 4.39. The number of halogens is 1. The SMILES string of the molecule is O=C(O)C(OCCCl)C1CCCCCC1. The van der Waals surface area contributed by atoms with E-state index in [1.54, 1.807) is 0 Å². The van der Waals surface area contributed by atoms with E-state index in [0.717, 1.165) is 25.7 Å². The maximum absolute atomic E-state index is 11.0. The number of carboxylic acids is 1. The van der Waals surface area contributed by atoms with E-state index in [0.29, 0.717) is 12.5 Å². The summed E-state index contributed by atoms with van der Waals surface area (Å²) in [6, 6.07) is 0. The van der Waals surface area contributed by atoms with E-state index in [-0.39, 0.29) is 5.92 Å². The summed E-state index contributed by atoms with van der Waals surface area (Å²) in [6.45, 7) is 0.328. The molecule has 0 amide bonds. The molecule has 1 aliphatic carbocycles. The lowest BCUT2D eigenvalue weighted by Crippen LogP contribution is -2.33. The molecule has 15 heavy (non-hydrogen) atoms. The Morgan fingerprint density at radius 3 is 2.40 bits per heavy atom. The van der Waals surface area contributed by atoms with Gasteiger partial charge in [-0.25, -0.2) is 4.79 Å². The zero-order valence-corrected chi connectivity index (χ0v) is 9.71. The van der Waals surface area contributed by atoms with Crippen molar-refractivity contribution in [3.63, 3.8) is 0 Å². The van der Waals surface area contributed by atoms with E-state index < -0.39 is 12.1 Å². The van der Waals surface area contributed by atoms with Gasteiger partial charge in [0.15, 0.2) is 6.10 Å². The van der Waals surface area contributed by atoms with Crippen molar-refractivity contribution in [2.24, 2.45) is 5.92 Å². The first-order valence-corrected chi connectivity index (χ1v) is 6.19. The summed E-state index contributed by atoms with van der Waals surface area (Å²) in [5, 5.41) is 9.08. The van der Waals surface area contributed by atoms with Gasteiger partial charge in [0.25, 0.3) is 0 Å². The number of hydrogen-bond donors (Lipinski definition) is 1. The zero-order chi connectivity index (χ0) is 11.1. The Hall–Kier alpha value is -0.280. The molecule has 1 N–H and O–H groups in total. The molecule has 1 rings (SSSR count). The Balaban J connectivity index is 2.48. The first kappa shape index (κ1) is 12.8. The highest BCUT2D eigenvalue weighted by Gasteiger charge is 2.29. The lowest BCUT2D eigenvalue weighted by atomic mass is 9.94. The van der Waals surface area contributed by atoms with Crippen LogP contribution in [0.4, 0.5) is 0 Å². The smallest absolute Gasteiger partial charge is 0.333 e. The molecule has 0 bridgehead atoms. The molecule has 3 nitrogen and oxygen atoms in total. The molecular formula is C11H19ClO3. The molecule has 1 fully saturated rings. The second kappa shape index (κ2) is 7.07. The summed E-state index contributed by atoms with van der Waals surface area (Å²) in [7, 11) is 0. The largest absolute Gasteiger partial charge is 0.479 e. The van der Waals surface area contributed by atoms with Gasteiger partial charge in [0.2, 0.25) is 0 Å². The van der Waals surface area contributed by atoms with Crippen molar-refractivity contribution in [2.75, 3.05) is 12.5 Å². The Kier molecular flexibility index (Phi) is 6.03. The molecule has 1 unspecified atom stereocenters. The van der Waals surface area contributed by atoms with Crippen molar-refractivity contribution in [1.82, 2.24) is 0 Å². The molecule has 0 aromatic rings. The predicted octanol–water partition coefficient (Wildman–Crippen LogP) is 2.67. The molecule has 1 aliphatic rings. The lowest BCUT2D eigenvalue weighted by Gasteiger charge is -2.22. The third-order valence-corrected chi connectivity index (χ3v) is 3.10. The number of rotatable bonds is 5.